The van der Waals surface area contributed by atoms with Gasteiger partial charge in [-0.1, -0.05) is 18.2 Å². The summed E-state index contributed by atoms with van der Waals surface area (Å²) in [5, 5.41) is 10.4. The van der Waals surface area contributed by atoms with E-state index in [1.54, 1.807) is 0 Å². The maximum atomic E-state index is 12.7. The molecular weight excluding hydrogens is 280 g/mol. The number of nitrogens with zero attached hydrogens (tertiary/aromatic N) is 2. The minimum Gasteiger partial charge on any atom is -0.394 e. The van der Waals surface area contributed by atoms with Gasteiger partial charge in [0.1, 0.15) is 6.54 Å². The zero-order chi connectivity index (χ0) is 15.7. The third-order valence-electron chi connectivity index (χ3n) is 4.34. The van der Waals surface area contributed by atoms with Crippen LogP contribution in [0.1, 0.15) is 12.6 Å². The number of benzene rings is 1. The van der Waals surface area contributed by atoms with Gasteiger partial charge in [0.2, 0.25) is 5.91 Å². The highest BCUT2D eigenvalue weighted by Gasteiger charge is 2.29. The van der Waals surface area contributed by atoms with Crippen LogP contribution in [0, 0.1) is 6.92 Å². The Labute approximate surface area is 130 Å². The zero-order valence-corrected chi connectivity index (χ0v) is 13.0. The maximum Gasteiger partial charge on any atom is 0.242 e. The van der Waals surface area contributed by atoms with E-state index in [4.69, 9.17) is 4.74 Å². The van der Waals surface area contributed by atoms with Crippen LogP contribution in [0.3, 0.4) is 0 Å². The Morgan fingerprint density at radius 1 is 1.41 bits per heavy atom. The quantitative estimate of drug-likeness (QED) is 0.936. The fraction of sp³-hybridized carbons (Fsp3) is 0.471. The van der Waals surface area contributed by atoms with Gasteiger partial charge in [0.25, 0.3) is 0 Å². The molecular formula is C17H22N2O3. The molecule has 1 aromatic carbocycles. The second kappa shape index (κ2) is 6.10. The first-order chi connectivity index (χ1) is 10.6. The summed E-state index contributed by atoms with van der Waals surface area (Å²) in [6.07, 6.45) is -0.275. The van der Waals surface area contributed by atoms with E-state index < -0.39 is 0 Å². The molecule has 1 fully saturated rings. The van der Waals surface area contributed by atoms with Gasteiger partial charge in [-0.2, -0.15) is 0 Å². The van der Waals surface area contributed by atoms with Crippen molar-refractivity contribution in [3.63, 3.8) is 0 Å². The van der Waals surface area contributed by atoms with Crippen molar-refractivity contribution in [1.82, 2.24) is 9.47 Å². The number of ether oxygens (including phenoxy) is 1. The summed E-state index contributed by atoms with van der Waals surface area (Å²) in [5.74, 6) is 0.0682. The molecule has 2 atom stereocenters. The molecule has 5 nitrogen and oxygen atoms in total. The summed E-state index contributed by atoms with van der Waals surface area (Å²) in [4.78, 5) is 14.5. The molecule has 2 heterocycles. The molecule has 0 spiro atoms. The number of aliphatic hydroxyl groups is 1. The van der Waals surface area contributed by atoms with Crippen LogP contribution in [0.2, 0.25) is 0 Å². The molecule has 0 radical (unpaired) electrons. The molecule has 118 valence electrons. The molecule has 0 aliphatic carbocycles. The molecule has 1 saturated heterocycles. The lowest BCUT2D eigenvalue weighted by Crippen LogP contribution is -2.52. The Bertz CT molecular complexity index is 680. The number of hydrogen-bond donors (Lipinski definition) is 1. The Morgan fingerprint density at radius 2 is 2.18 bits per heavy atom. The van der Waals surface area contributed by atoms with E-state index in [1.165, 1.54) is 0 Å². The Balaban J connectivity index is 1.82. The van der Waals surface area contributed by atoms with Crippen LogP contribution in [0.25, 0.3) is 10.9 Å². The van der Waals surface area contributed by atoms with Crippen LogP contribution in [-0.2, 0) is 16.1 Å². The van der Waals surface area contributed by atoms with E-state index in [2.05, 4.69) is 12.1 Å². The van der Waals surface area contributed by atoms with Crippen molar-refractivity contribution in [3.05, 3.63) is 36.0 Å². The third-order valence-corrected chi connectivity index (χ3v) is 4.34. The van der Waals surface area contributed by atoms with Crippen LogP contribution in [0.4, 0.5) is 0 Å². The van der Waals surface area contributed by atoms with Gasteiger partial charge < -0.3 is 19.3 Å². The van der Waals surface area contributed by atoms with E-state index in [1.807, 2.05) is 41.5 Å². The number of rotatable bonds is 3. The van der Waals surface area contributed by atoms with Gasteiger partial charge in [-0.25, -0.2) is 0 Å². The van der Waals surface area contributed by atoms with E-state index in [0.29, 0.717) is 19.7 Å². The highest BCUT2D eigenvalue weighted by Crippen LogP contribution is 2.20. The summed E-state index contributed by atoms with van der Waals surface area (Å²) in [5.41, 5.74) is 2.15. The fourth-order valence-corrected chi connectivity index (χ4v) is 3.06. The summed E-state index contributed by atoms with van der Waals surface area (Å²) >= 11 is 0. The minimum atomic E-state index is -0.275. The van der Waals surface area contributed by atoms with Crippen LogP contribution < -0.4 is 0 Å². The molecule has 1 aliphatic heterocycles. The number of aromatic nitrogens is 1. The van der Waals surface area contributed by atoms with Gasteiger partial charge in [0.15, 0.2) is 0 Å². The molecule has 2 aromatic rings. The average Bonchev–Trinajstić information content (AvgIpc) is 2.84. The third kappa shape index (κ3) is 2.74. The summed E-state index contributed by atoms with van der Waals surface area (Å²) in [7, 11) is 0. The minimum absolute atomic E-state index is 0.0393. The molecule has 1 aliphatic rings. The average molecular weight is 302 g/mol. The van der Waals surface area contributed by atoms with Crippen molar-refractivity contribution in [2.45, 2.75) is 32.5 Å². The van der Waals surface area contributed by atoms with Gasteiger partial charge in [-0.3, -0.25) is 4.79 Å². The molecule has 0 saturated carbocycles. The number of para-hydroxylation sites is 1. The van der Waals surface area contributed by atoms with Gasteiger partial charge in [-0.15, -0.1) is 0 Å². The molecule has 22 heavy (non-hydrogen) atoms. The fourth-order valence-electron chi connectivity index (χ4n) is 3.06. The van der Waals surface area contributed by atoms with Crippen LogP contribution in [0.15, 0.2) is 30.3 Å². The maximum absolute atomic E-state index is 12.7. The number of morpholine rings is 1. The molecule has 1 amide bonds. The molecule has 1 aromatic heterocycles. The van der Waals surface area contributed by atoms with Crippen molar-refractivity contribution in [2.24, 2.45) is 0 Å². The highest BCUT2D eigenvalue weighted by atomic mass is 16.5. The lowest BCUT2D eigenvalue weighted by molar-refractivity contribution is -0.146. The topological polar surface area (TPSA) is 54.7 Å². The largest absolute Gasteiger partial charge is 0.394 e. The molecule has 5 heteroatoms. The number of carbonyl (C=O) groups is 1. The summed E-state index contributed by atoms with van der Waals surface area (Å²) in [6.45, 7) is 5.19. The number of hydrogen-bond acceptors (Lipinski definition) is 3. The SMILES string of the molecule is Cc1cc2ccccc2n1CC(=O)N1CC(CO)OCC1C. The van der Waals surface area contributed by atoms with E-state index in [-0.39, 0.29) is 24.7 Å². The van der Waals surface area contributed by atoms with Crippen molar-refractivity contribution < 1.29 is 14.6 Å². The number of fused-ring (bicyclic) bond motifs is 1. The smallest absolute Gasteiger partial charge is 0.242 e. The molecule has 2 unspecified atom stereocenters. The van der Waals surface area contributed by atoms with Crippen molar-refractivity contribution in [1.29, 1.82) is 0 Å². The molecule has 0 bridgehead atoms. The molecule has 1 N–H and O–H groups in total. The number of aryl methyl sites for hydroxylation is 1. The number of amides is 1. The predicted octanol–water partition coefficient (Wildman–Crippen LogP) is 1.56. The van der Waals surface area contributed by atoms with E-state index >= 15 is 0 Å². The van der Waals surface area contributed by atoms with Gasteiger partial charge in [0, 0.05) is 17.8 Å². The first-order valence-corrected chi connectivity index (χ1v) is 7.67. The lowest BCUT2D eigenvalue weighted by Gasteiger charge is -2.37. The summed E-state index contributed by atoms with van der Waals surface area (Å²) < 4.78 is 7.55. The zero-order valence-electron chi connectivity index (χ0n) is 13.0. The van der Waals surface area contributed by atoms with Gasteiger partial charge in [-0.05, 0) is 31.4 Å². The van der Waals surface area contributed by atoms with Crippen molar-refractivity contribution in [2.75, 3.05) is 19.8 Å². The first-order valence-electron chi connectivity index (χ1n) is 7.67. The van der Waals surface area contributed by atoms with Gasteiger partial charge >= 0.3 is 0 Å². The van der Waals surface area contributed by atoms with Crippen LogP contribution >= 0.6 is 0 Å². The predicted molar refractivity (Wildman–Crippen MR) is 84.7 cm³/mol. The number of carbonyl (C=O) groups excluding carboxylic acids is 1. The van der Waals surface area contributed by atoms with Crippen molar-refractivity contribution in [3.8, 4) is 0 Å². The second-order valence-corrected chi connectivity index (χ2v) is 5.96. The van der Waals surface area contributed by atoms with E-state index in [9.17, 15) is 9.90 Å². The summed E-state index contributed by atoms with van der Waals surface area (Å²) in [6, 6.07) is 10.2. The van der Waals surface area contributed by atoms with Crippen molar-refractivity contribution >= 4 is 16.8 Å². The lowest BCUT2D eigenvalue weighted by atomic mass is 10.2. The Morgan fingerprint density at radius 3 is 2.95 bits per heavy atom. The number of aliphatic hydroxyl groups excluding tert-OH is 1. The van der Waals surface area contributed by atoms with E-state index in [0.717, 1.165) is 16.6 Å². The normalized spacial score (nSPS) is 22.2. The first kappa shape index (κ1) is 15.1. The highest BCUT2D eigenvalue weighted by molar-refractivity contribution is 5.84. The standard InChI is InChI=1S/C17H22N2O3/c1-12-7-14-5-3-4-6-16(14)18(12)9-17(21)19-8-15(10-20)22-11-13(19)2/h3-7,13,15,20H,8-11H2,1-2H3. The van der Waals surface area contributed by atoms with Crippen LogP contribution in [-0.4, -0.2) is 52.4 Å². The second-order valence-electron chi connectivity index (χ2n) is 5.96. The Hall–Kier alpha value is -1.85. The molecule has 3 rings (SSSR count). The monoisotopic (exact) mass is 302 g/mol. The van der Waals surface area contributed by atoms with Crippen LogP contribution in [0.5, 0.6) is 0 Å². The Kier molecular flexibility index (Phi) is 4.18. The van der Waals surface area contributed by atoms with Gasteiger partial charge in [0.05, 0.1) is 25.4 Å².